The number of aromatic nitrogens is 2. The maximum absolute atomic E-state index is 12.7. The summed E-state index contributed by atoms with van der Waals surface area (Å²) in [7, 11) is 0. The van der Waals surface area contributed by atoms with Gasteiger partial charge in [-0.25, -0.2) is 9.97 Å². The molecule has 1 saturated heterocycles. The summed E-state index contributed by atoms with van der Waals surface area (Å²) in [5.41, 5.74) is 0.214. The van der Waals surface area contributed by atoms with Gasteiger partial charge >= 0.3 is 6.18 Å². The summed E-state index contributed by atoms with van der Waals surface area (Å²) in [4.78, 5) is 9.66. The van der Waals surface area contributed by atoms with Gasteiger partial charge in [0.2, 0.25) is 5.95 Å². The summed E-state index contributed by atoms with van der Waals surface area (Å²) < 4.78 is 38.0. The number of halogens is 4. The first-order chi connectivity index (χ1) is 11.4. The van der Waals surface area contributed by atoms with Crippen molar-refractivity contribution in [3.8, 4) is 0 Å². The number of likely N-dealkylation sites (tertiary alicyclic amines) is 1. The van der Waals surface area contributed by atoms with Crippen LogP contribution in [0.15, 0.2) is 36.5 Å². The summed E-state index contributed by atoms with van der Waals surface area (Å²) in [5, 5.41) is 3.69. The van der Waals surface area contributed by atoms with Crippen molar-refractivity contribution in [1.29, 1.82) is 0 Å². The zero-order valence-electron chi connectivity index (χ0n) is 12.7. The molecule has 1 atom stereocenters. The summed E-state index contributed by atoms with van der Waals surface area (Å²) in [6, 6.07) is 8.53. The van der Waals surface area contributed by atoms with E-state index in [1.165, 1.54) is 0 Å². The Morgan fingerprint density at radius 3 is 2.67 bits per heavy atom. The number of hydrogen-bond acceptors (Lipinski definition) is 4. The third kappa shape index (κ3) is 4.36. The van der Waals surface area contributed by atoms with Gasteiger partial charge in [0.05, 0.1) is 0 Å². The molecule has 1 aliphatic heterocycles. The largest absolute Gasteiger partial charge is 0.433 e. The van der Waals surface area contributed by atoms with Crippen molar-refractivity contribution in [1.82, 2.24) is 14.9 Å². The highest BCUT2D eigenvalue weighted by Crippen LogP contribution is 2.28. The SMILES string of the molecule is FC(F)(F)c1ccnc(NC2CCN(Cc3ccc(Cl)cc3)C2)n1. The molecule has 1 aromatic heterocycles. The van der Waals surface area contributed by atoms with Crippen LogP contribution in [0.5, 0.6) is 0 Å². The molecule has 4 nitrogen and oxygen atoms in total. The van der Waals surface area contributed by atoms with Gasteiger partial charge in [0, 0.05) is 36.9 Å². The van der Waals surface area contributed by atoms with E-state index in [-0.39, 0.29) is 12.0 Å². The van der Waals surface area contributed by atoms with E-state index in [1.807, 2.05) is 24.3 Å². The Morgan fingerprint density at radius 2 is 1.96 bits per heavy atom. The smallest absolute Gasteiger partial charge is 0.350 e. The Hall–Kier alpha value is -1.86. The van der Waals surface area contributed by atoms with Gasteiger partial charge in [-0.3, -0.25) is 4.90 Å². The van der Waals surface area contributed by atoms with E-state index in [0.717, 1.165) is 43.9 Å². The molecule has 0 spiro atoms. The fourth-order valence-corrected chi connectivity index (χ4v) is 2.84. The number of anilines is 1. The van der Waals surface area contributed by atoms with Crippen molar-refractivity contribution in [3.05, 3.63) is 52.8 Å². The maximum atomic E-state index is 12.7. The van der Waals surface area contributed by atoms with Crippen LogP contribution in [-0.2, 0) is 12.7 Å². The topological polar surface area (TPSA) is 41.1 Å². The number of benzene rings is 1. The Morgan fingerprint density at radius 1 is 1.21 bits per heavy atom. The highest BCUT2D eigenvalue weighted by atomic mass is 35.5. The molecule has 2 aromatic rings. The average Bonchev–Trinajstić information content (AvgIpc) is 2.96. The monoisotopic (exact) mass is 356 g/mol. The van der Waals surface area contributed by atoms with E-state index >= 15 is 0 Å². The molecule has 0 aliphatic carbocycles. The average molecular weight is 357 g/mol. The van der Waals surface area contributed by atoms with Gasteiger partial charge in [-0.05, 0) is 30.2 Å². The molecule has 2 heterocycles. The second-order valence-electron chi connectivity index (χ2n) is 5.75. The fraction of sp³-hybridized carbons (Fsp3) is 0.375. The number of hydrogen-bond donors (Lipinski definition) is 1. The van der Waals surface area contributed by atoms with E-state index in [4.69, 9.17) is 11.6 Å². The second-order valence-corrected chi connectivity index (χ2v) is 6.19. The predicted octanol–water partition coefficient (Wildman–Crippen LogP) is 3.84. The number of rotatable bonds is 4. The van der Waals surface area contributed by atoms with Crippen LogP contribution in [0.2, 0.25) is 5.02 Å². The van der Waals surface area contributed by atoms with Gasteiger partial charge < -0.3 is 5.32 Å². The minimum atomic E-state index is -4.46. The summed E-state index contributed by atoms with van der Waals surface area (Å²) in [6.45, 7) is 2.36. The molecule has 128 valence electrons. The molecule has 0 radical (unpaired) electrons. The van der Waals surface area contributed by atoms with Gasteiger partial charge in [0.15, 0.2) is 0 Å². The summed E-state index contributed by atoms with van der Waals surface area (Å²) >= 11 is 5.87. The first-order valence-electron chi connectivity index (χ1n) is 7.54. The number of nitrogens with zero attached hydrogens (tertiary/aromatic N) is 3. The molecule has 0 bridgehead atoms. The zero-order chi connectivity index (χ0) is 17.2. The molecule has 1 unspecified atom stereocenters. The van der Waals surface area contributed by atoms with Gasteiger partial charge in [0.1, 0.15) is 5.69 Å². The van der Waals surface area contributed by atoms with Crippen LogP contribution >= 0.6 is 11.6 Å². The Labute approximate surface area is 142 Å². The quantitative estimate of drug-likeness (QED) is 0.903. The van der Waals surface area contributed by atoms with Gasteiger partial charge in [-0.2, -0.15) is 13.2 Å². The molecule has 3 rings (SSSR count). The first-order valence-corrected chi connectivity index (χ1v) is 7.91. The normalized spacial score (nSPS) is 18.8. The van der Waals surface area contributed by atoms with E-state index in [9.17, 15) is 13.2 Å². The molecule has 1 aromatic carbocycles. The Balaban J connectivity index is 1.57. The Bertz CT molecular complexity index is 690. The molecule has 24 heavy (non-hydrogen) atoms. The van der Waals surface area contributed by atoms with Crippen LogP contribution in [0.25, 0.3) is 0 Å². The molecule has 0 saturated carbocycles. The Kier molecular flexibility index (Phi) is 4.91. The van der Waals surface area contributed by atoms with Crippen LogP contribution < -0.4 is 5.32 Å². The fourth-order valence-electron chi connectivity index (χ4n) is 2.71. The van der Waals surface area contributed by atoms with Crippen LogP contribution in [0.1, 0.15) is 17.7 Å². The molecular weight excluding hydrogens is 341 g/mol. The van der Waals surface area contributed by atoms with Crippen molar-refractivity contribution >= 4 is 17.5 Å². The molecule has 1 fully saturated rings. The van der Waals surface area contributed by atoms with Crippen LogP contribution in [-0.4, -0.2) is 34.0 Å². The summed E-state index contributed by atoms with van der Waals surface area (Å²) in [6.07, 6.45) is -2.51. The van der Waals surface area contributed by atoms with E-state index in [2.05, 4.69) is 20.2 Å². The van der Waals surface area contributed by atoms with Crippen molar-refractivity contribution in [2.24, 2.45) is 0 Å². The highest BCUT2D eigenvalue weighted by Gasteiger charge is 2.33. The van der Waals surface area contributed by atoms with Crippen molar-refractivity contribution in [2.45, 2.75) is 25.2 Å². The first kappa shape index (κ1) is 17.0. The highest BCUT2D eigenvalue weighted by molar-refractivity contribution is 6.30. The summed E-state index contributed by atoms with van der Waals surface area (Å²) in [5.74, 6) is 0.0168. The molecule has 1 N–H and O–H groups in total. The minimum absolute atomic E-state index is 0.0168. The third-order valence-corrected chi connectivity index (χ3v) is 4.12. The second kappa shape index (κ2) is 6.94. The maximum Gasteiger partial charge on any atom is 0.433 e. The lowest BCUT2D eigenvalue weighted by molar-refractivity contribution is -0.141. The molecular formula is C16H16ClF3N4. The predicted molar refractivity (Wildman–Crippen MR) is 85.8 cm³/mol. The molecule has 0 amide bonds. The zero-order valence-corrected chi connectivity index (χ0v) is 13.5. The minimum Gasteiger partial charge on any atom is -0.350 e. The third-order valence-electron chi connectivity index (χ3n) is 3.87. The number of alkyl halides is 3. The van der Waals surface area contributed by atoms with Crippen molar-refractivity contribution in [2.75, 3.05) is 18.4 Å². The van der Waals surface area contributed by atoms with Crippen molar-refractivity contribution < 1.29 is 13.2 Å². The lowest BCUT2D eigenvalue weighted by Crippen LogP contribution is -2.27. The molecule has 1 aliphatic rings. The van der Waals surface area contributed by atoms with Crippen LogP contribution in [0, 0.1) is 0 Å². The van der Waals surface area contributed by atoms with Gasteiger partial charge in [-0.1, -0.05) is 23.7 Å². The van der Waals surface area contributed by atoms with Crippen LogP contribution in [0.4, 0.5) is 19.1 Å². The van der Waals surface area contributed by atoms with Crippen LogP contribution in [0.3, 0.4) is 0 Å². The van der Waals surface area contributed by atoms with Gasteiger partial charge in [0.25, 0.3) is 0 Å². The molecule has 8 heteroatoms. The lowest BCUT2D eigenvalue weighted by Gasteiger charge is -2.17. The van der Waals surface area contributed by atoms with Gasteiger partial charge in [-0.15, -0.1) is 0 Å². The number of nitrogens with one attached hydrogen (secondary N) is 1. The lowest BCUT2D eigenvalue weighted by atomic mass is 10.2. The van der Waals surface area contributed by atoms with E-state index < -0.39 is 11.9 Å². The van der Waals surface area contributed by atoms with Crippen molar-refractivity contribution in [3.63, 3.8) is 0 Å². The van der Waals surface area contributed by atoms with E-state index in [1.54, 1.807) is 0 Å². The van der Waals surface area contributed by atoms with E-state index in [0.29, 0.717) is 5.02 Å². The standard InChI is InChI=1S/C16H16ClF3N4/c17-12-3-1-11(2-4-12)9-24-8-6-13(10-24)22-15-21-7-5-14(23-15)16(18,19)20/h1-5,7,13H,6,8-10H2,(H,21,22,23).